The zero-order valence-corrected chi connectivity index (χ0v) is 8.13. The molecule has 0 amide bonds. The first-order valence-corrected chi connectivity index (χ1v) is 5.32. The summed E-state index contributed by atoms with van der Waals surface area (Å²) in [6.07, 6.45) is 8.23. The summed E-state index contributed by atoms with van der Waals surface area (Å²) in [7, 11) is 0. The standard InChI is InChI=1S/C13H17/c1-2-6-12(7-3-1)10-11-13-8-4-5-9-13/h1-3,6-7H,4-5,8-11H2. The highest BCUT2D eigenvalue weighted by Gasteiger charge is 2.14. The lowest BCUT2D eigenvalue weighted by atomic mass is 9.98. The first kappa shape index (κ1) is 8.80. The fourth-order valence-electron chi connectivity index (χ4n) is 2.09. The molecule has 0 N–H and O–H groups in total. The van der Waals surface area contributed by atoms with Crippen LogP contribution in [0, 0.1) is 5.92 Å². The fraction of sp³-hybridized carbons (Fsp3) is 0.462. The van der Waals surface area contributed by atoms with E-state index in [1.54, 1.807) is 5.92 Å². The maximum absolute atomic E-state index is 2.23. The molecule has 1 aliphatic rings. The molecule has 1 fully saturated rings. The molecule has 0 spiro atoms. The lowest BCUT2D eigenvalue weighted by Crippen LogP contribution is -1.93. The second-order valence-electron chi connectivity index (χ2n) is 3.94. The first-order valence-electron chi connectivity index (χ1n) is 5.32. The van der Waals surface area contributed by atoms with Gasteiger partial charge in [0.25, 0.3) is 0 Å². The van der Waals surface area contributed by atoms with Gasteiger partial charge in [-0.25, -0.2) is 0 Å². The van der Waals surface area contributed by atoms with Crippen molar-refractivity contribution in [1.82, 2.24) is 0 Å². The van der Waals surface area contributed by atoms with E-state index >= 15 is 0 Å². The van der Waals surface area contributed by atoms with Gasteiger partial charge in [0.05, 0.1) is 0 Å². The predicted molar refractivity (Wildman–Crippen MR) is 56.5 cm³/mol. The van der Waals surface area contributed by atoms with E-state index in [9.17, 15) is 0 Å². The molecule has 2 rings (SSSR count). The third kappa shape index (κ3) is 2.58. The van der Waals surface area contributed by atoms with Crippen LogP contribution in [0.5, 0.6) is 0 Å². The molecule has 1 saturated carbocycles. The minimum Gasteiger partial charge on any atom is -0.0622 e. The largest absolute Gasteiger partial charge is 0.0622 e. The van der Waals surface area contributed by atoms with Gasteiger partial charge in [-0.05, 0) is 37.2 Å². The number of benzene rings is 1. The zero-order chi connectivity index (χ0) is 8.93. The third-order valence-electron chi connectivity index (χ3n) is 2.92. The Morgan fingerprint density at radius 2 is 1.54 bits per heavy atom. The van der Waals surface area contributed by atoms with Gasteiger partial charge >= 0.3 is 0 Å². The molecule has 0 aliphatic heterocycles. The summed E-state index contributed by atoms with van der Waals surface area (Å²) in [5.41, 5.74) is 1.49. The summed E-state index contributed by atoms with van der Waals surface area (Å²) in [5, 5.41) is 0. The highest BCUT2D eigenvalue weighted by atomic mass is 14.2. The Bertz CT molecular complexity index is 231. The van der Waals surface area contributed by atoms with Crippen LogP contribution >= 0.6 is 0 Å². The summed E-state index contributed by atoms with van der Waals surface area (Å²) in [5.74, 6) is 1.80. The molecular formula is C13H17. The Morgan fingerprint density at radius 3 is 2.23 bits per heavy atom. The summed E-state index contributed by atoms with van der Waals surface area (Å²) >= 11 is 0. The molecule has 0 aromatic heterocycles. The van der Waals surface area contributed by atoms with Gasteiger partial charge in [0, 0.05) is 0 Å². The molecule has 0 saturated heterocycles. The van der Waals surface area contributed by atoms with E-state index in [1.807, 2.05) is 0 Å². The van der Waals surface area contributed by atoms with E-state index < -0.39 is 0 Å². The van der Waals surface area contributed by atoms with Crippen LogP contribution in [0.2, 0.25) is 0 Å². The molecule has 0 bridgehead atoms. The maximum atomic E-state index is 2.23. The monoisotopic (exact) mass is 173 g/mol. The molecule has 1 aliphatic carbocycles. The van der Waals surface area contributed by atoms with Crippen molar-refractivity contribution < 1.29 is 0 Å². The van der Waals surface area contributed by atoms with Crippen LogP contribution < -0.4 is 0 Å². The Balaban J connectivity index is 1.79. The minimum atomic E-state index is 1.25. The summed E-state index contributed by atoms with van der Waals surface area (Å²) in [6.45, 7) is 0. The van der Waals surface area contributed by atoms with Crippen LogP contribution in [0.15, 0.2) is 30.3 Å². The van der Waals surface area contributed by atoms with Crippen molar-refractivity contribution in [2.45, 2.75) is 38.5 Å². The van der Waals surface area contributed by atoms with E-state index in [1.165, 1.54) is 44.1 Å². The van der Waals surface area contributed by atoms with Gasteiger partial charge in [0.1, 0.15) is 0 Å². The van der Waals surface area contributed by atoms with Crippen molar-refractivity contribution in [3.05, 3.63) is 41.8 Å². The molecule has 69 valence electrons. The van der Waals surface area contributed by atoms with Crippen LogP contribution in [0.25, 0.3) is 0 Å². The molecule has 0 heterocycles. The summed E-state index contributed by atoms with van der Waals surface area (Å²) in [4.78, 5) is 0. The quantitative estimate of drug-likeness (QED) is 0.652. The lowest BCUT2D eigenvalue weighted by molar-refractivity contribution is 0.757. The van der Waals surface area contributed by atoms with E-state index in [-0.39, 0.29) is 0 Å². The molecule has 0 nitrogen and oxygen atoms in total. The zero-order valence-electron chi connectivity index (χ0n) is 8.13. The summed E-state index contributed by atoms with van der Waals surface area (Å²) in [6, 6.07) is 10.8. The summed E-state index contributed by atoms with van der Waals surface area (Å²) < 4.78 is 0. The van der Waals surface area contributed by atoms with Crippen molar-refractivity contribution >= 4 is 0 Å². The molecule has 1 aromatic rings. The van der Waals surface area contributed by atoms with Gasteiger partial charge in [0.15, 0.2) is 0 Å². The van der Waals surface area contributed by atoms with Crippen molar-refractivity contribution in [2.24, 2.45) is 0 Å². The van der Waals surface area contributed by atoms with Crippen LogP contribution in [0.3, 0.4) is 0 Å². The molecule has 0 unspecified atom stereocenters. The number of aryl methyl sites for hydroxylation is 1. The van der Waals surface area contributed by atoms with Gasteiger partial charge < -0.3 is 0 Å². The topological polar surface area (TPSA) is 0 Å². The Kier molecular flexibility index (Phi) is 3.02. The average Bonchev–Trinajstić information content (AvgIpc) is 2.69. The second kappa shape index (κ2) is 4.45. The fourth-order valence-corrected chi connectivity index (χ4v) is 2.09. The van der Waals surface area contributed by atoms with Crippen LogP contribution in [-0.2, 0) is 6.42 Å². The van der Waals surface area contributed by atoms with E-state index in [0.717, 1.165) is 0 Å². The number of hydrogen-bond acceptors (Lipinski definition) is 0. The molecule has 1 radical (unpaired) electrons. The van der Waals surface area contributed by atoms with Crippen molar-refractivity contribution in [1.29, 1.82) is 0 Å². The predicted octanol–water partition coefficient (Wildman–Crippen LogP) is 3.77. The van der Waals surface area contributed by atoms with E-state index in [0.29, 0.717) is 0 Å². The Morgan fingerprint density at radius 1 is 0.846 bits per heavy atom. The molecule has 1 aromatic carbocycles. The van der Waals surface area contributed by atoms with E-state index in [4.69, 9.17) is 0 Å². The number of rotatable bonds is 3. The minimum absolute atomic E-state index is 1.25. The Hall–Kier alpha value is -0.780. The van der Waals surface area contributed by atoms with Crippen LogP contribution in [0.1, 0.15) is 37.7 Å². The van der Waals surface area contributed by atoms with Gasteiger partial charge in [-0.1, -0.05) is 43.2 Å². The van der Waals surface area contributed by atoms with E-state index in [2.05, 4.69) is 30.3 Å². The Labute approximate surface area is 81.0 Å². The highest BCUT2D eigenvalue weighted by molar-refractivity contribution is 5.15. The number of hydrogen-bond donors (Lipinski definition) is 0. The van der Waals surface area contributed by atoms with Gasteiger partial charge in [-0.15, -0.1) is 0 Å². The smallest absolute Gasteiger partial charge is 0.0238 e. The highest BCUT2D eigenvalue weighted by Crippen LogP contribution is 2.30. The van der Waals surface area contributed by atoms with Crippen molar-refractivity contribution in [3.8, 4) is 0 Å². The molecular weight excluding hydrogens is 156 g/mol. The molecule has 0 atom stereocenters. The third-order valence-corrected chi connectivity index (χ3v) is 2.92. The van der Waals surface area contributed by atoms with Crippen molar-refractivity contribution in [2.75, 3.05) is 0 Å². The van der Waals surface area contributed by atoms with Gasteiger partial charge in [0.2, 0.25) is 0 Å². The normalized spacial score (nSPS) is 17.8. The molecule has 0 heteroatoms. The molecule has 13 heavy (non-hydrogen) atoms. The average molecular weight is 173 g/mol. The second-order valence-corrected chi connectivity index (χ2v) is 3.94. The van der Waals surface area contributed by atoms with Crippen LogP contribution in [-0.4, -0.2) is 0 Å². The van der Waals surface area contributed by atoms with Gasteiger partial charge in [-0.3, -0.25) is 0 Å². The lowest BCUT2D eigenvalue weighted by Gasteiger charge is -2.07. The van der Waals surface area contributed by atoms with Crippen LogP contribution in [0.4, 0.5) is 0 Å². The van der Waals surface area contributed by atoms with Crippen molar-refractivity contribution in [3.63, 3.8) is 0 Å². The van der Waals surface area contributed by atoms with Gasteiger partial charge in [-0.2, -0.15) is 0 Å². The SMILES string of the molecule is c1ccc(CC[C]2CCCC2)cc1. The first-order chi connectivity index (χ1) is 6.45. The maximum Gasteiger partial charge on any atom is -0.0238 e.